The fraction of sp³-hybridized carbons (Fsp3) is 0.727. The third-order valence-electron chi connectivity index (χ3n) is 3.31. The van der Waals surface area contributed by atoms with Crippen molar-refractivity contribution in [1.29, 1.82) is 0 Å². The number of sulfonamides is 1. The molecule has 18 heavy (non-hydrogen) atoms. The molecule has 0 bridgehead atoms. The summed E-state index contributed by atoms with van der Waals surface area (Å²) in [7, 11) is -3.38. The molecule has 7 heteroatoms. The van der Waals surface area contributed by atoms with Crippen LogP contribution in [0.15, 0.2) is 10.6 Å². The van der Waals surface area contributed by atoms with E-state index in [9.17, 15) is 8.42 Å². The van der Waals surface area contributed by atoms with Gasteiger partial charge in [0.2, 0.25) is 10.0 Å². The molecule has 102 valence electrons. The lowest BCUT2D eigenvalue weighted by Crippen LogP contribution is -2.40. The summed E-state index contributed by atoms with van der Waals surface area (Å²) < 4.78 is 31.6. The molecule has 1 aromatic rings. The Kier molecular flexibility index (Phi) is 4.04. The SMILES string of the molecule is Cc1cc(CS(=O)(=O)NC2CCCC2CN)no1. The maximum Gasteiger partial charge on any atom is 0.217 e. The Morgan fingerprint density at radius 1 is 1.56 bits per heavy atom. The molecular formula is C11H19N3O3S. The first kappa shape index (κ1) is 13.5. The molecule has 1 fully saturated rings. The van der Waals surface area contributed by atoms with Crippen molar-refractivity contribution in [3.63, 3.8) is 0 Å². The summed E-state index contributed by atoms with van der Waals surface area (Å²) in [5.74, 6) is 0.720. The summed E-state index contributed by atoms with van der Waals surface area (Å²) in [6.07, 6.45) is 2.88. The van der Waals surface area contributed by atoms with Gasteiger partial charge in [-0.05, 0) is 32.2 Å². The summed E-state index contributed by atoms with van der Waals surface area (Å²) in [5, 5.41) is 3.70. The highest BCUT2D eigenvalue weighted by atomic mass is 32.2. The van der Waals surface area contributed by atoms with Crippen LogP contribution in [0, 0.1) is 12.8 Å². The van der Waals surface area contributed by atoms with Gasteiger partial charge >= 0.3 is 0 Å². The molecule has 1 saturated carbocycles. The second-order valence-electron chi connectivity index (χ2n) is 4.84. The highest BCUT2D eigenvalue weighted by molar-refractivity contribution is 7.88. The highest BCUT2D eigenvalue weighted by Gasteiger charge is 2.30. The minimum atomic E-state index is -3.38. The second-order valence-corrected chi connectivity index (χ2v) is 6.59. The van der Waals surface area contributed by atoms with Gasteiger partial charge in [-0.1, -0.05) is 11.6 Å². The number of hydrogen-bond acceptors (Lipinski definition) is 5. The monoisotopic (exact) mass is 273 g/mol. The number of aryl methyl sites for hydroxylation is 1. The van der Waals surface area contributed by atoms with E-state index in [0.717, 1.165) is 19.3 Å². The smallest absolute Gasteiger partial charge is 0.217 e. The van der Waals surface area contributed by atoms with E-state index in [1.54, 1.807) is 13.0 Å². The maximum atomic E-state index is 12.0. The van der Waals surface area contributed by atoms with Crippen LogP contribution >= 0.6 is 0 Å². The van der Waals surface area contributed by atoms with Gasteiger partial charge in [0, 0.05) is 12.1 Å². The lowest BCUT2D eigenvalue weighted by molar-refractivity contribution is 0.392. The van der Waals surface area contributed by atoms with E-state index in [1.165, 1.54) is 0 Å². The van der Waals surface area contributed by atoms with Gasteiger partial charge in [-0.15, -0.1) is 0 Å². The zero-order valence-electron chi connectivity index (χ0n) is 10.4. The van der Waals surface area contributed by atoms with E-state index in [4.69, 9.17) is 10.3 Å². The maximum absolute atomic E-state index is 12.0. The summed E-state index contributed by atoms with van der Waals surface area (Å²) in [6.45, 7) is 2.26. The van der Waals surface area contributed by atoms with E-state index < -0.39 is 10.0 Å². The number of aromatic nitrogens is 1. The molecule has 0 radical (unpaired) electrons. The Labute approximate surface area is 107 Å². The van der Waals surface area contributed by atoms with Crippen LogP contribution in [0.1, 0.15) is 30.7 Å². The minimum absolute atomic E-state index is 0.0343. The first-order chi connectivity index (χ1) is 8.50. The summed E-state index contributed by atoms with van der Waals surface area (Å²) >= 11 is 0. The summed E-state index contributed by atoms with van der Waals surface area (Å²) in [4.78, 5) is 0. The molecule has 2 rings (SSSR count). The number of nitrogens with two attached hydrogens (primary N) is 1. The molecule has 1 aliphatic rings. The average Bonchev–Trinajstić information content (AvgIpc) is 2.86. The summed E-state index contributed by atoms with van der Waals surface area (Å²) in [5.41, 5.74) is 6.07. The van der Waals surface area contributed by atoms with Gasteiger partial charge in [-0.25, -0.2) is 13.1 Å². The van der Waals surface area contributed by atoms with E-state index in [1.807, 2.05) is 0 Å². The second kappa shape index (κ2) is 5.38. The molecule has 2 unspecified atom stereocenters. The van der Waals surface area contributed by atoms with Crippen molar-refractivity contribution in [2.75, 3.05) is 6.54 Å². The predicted octanol–water partition coefficient (Wildman–Crippen LogP) is 0.530. The molecule has 3 N–H and O–H groups in total. The summed E-state index contributed by atoms with van der Waals surface area (Å²) in [6, 6.07) is 1.60. The van der Waals surface area contributed by atoms with Crippen LogP contribution in [0.2, 0.25) is 0 Å². The van der Waals surface area contributed by atoms with Crippen molar-refractivity contribution in [1.82, 2.24) is 9.88 Å². The standard InChI is InChI=1S/C11H19N3O3S/c1-8-5-10(13-17-8)7-18(15,16)14-11-4-2-3-9(11)6-12/h5,9,11,14H,2-4,6-7,12H2,1H3. The normalized spacial score (nSPS) is 24.6. The van der Waals surface area contributed by atoms with Crippen LogP contribution in [0.4, 0.5) is 0 Å². The quantitative estimate of drug-likeness (QED) is 0.815. The van der Waals surface area contributed by atoms with E-state index in [0.29, 0.717) is 18.0 Å². The molecule has 0 spiro atoms. The number of rotatable bonds is 5. The Morgan fingerprint density at radius 2 is 2.33 bits per heavy atom. The third kappa shape index (κ3) is 3.30. The number of nitrogens with one attached hydrogen (secondary N) is 1. The largest absolute Gasteiger partial charge is 0.361 e. The fourth-order valence-electron chi connectivity index (χ4n) is 2.43. The first-order valence-electron chi connectivity index (χ1n) is 6.12. The van der Waals surface area contributed by atoms with Gasteiger partial charge in [0.05, 0.1) is 0 Å². The zero-order valence-corrected chi connectivity index (χ0v) is 11.2. The highest BCUT2D eigenvalue weighted by Crippen LogP contribution is 2.25. The molecule has 6 nitrogen and oxygen atoms in total. The van der Waals surface area contributed by atoms with Crippen molar-refractivity contribution in [2.45, 2.75) is 38.0 Å². The lowest BCUT2D eigenvalue weighted by atomic mass is 10.1. The Bertz CT molecular complexity index is 497. The topological polar surface area (TPSA) is 98.2 Å². The molecule has 1 heterocycles. The first-order valence-corrected chi connectivity index (χ1v) is 7.77. The Morgan fingerprint density at radius 3 is 2.94 bits per heavy atom. The predicted molar refractivity (Wildman–Crippen MR) is 67.2 cm³/mol. The van der Waals surface area contributed by atoms with Gasteiger partial charge in [0.15, 0.2) is 0 Å². The van der Waals surface area contributed by atoms with Crippen LogP contribution < -0.4 is 10.5 Å². The van der Waals surface area contributed by atoms with Crippen molar-refractivity contribution in [3.05, 3.63) is 17.5 Å². The average molecular weight is 273 g/mol. The number of nitrogens with zero attached hydrogens (tertiary/aromatic N) is 1. The van der Waals surface area contributed by atoms with Crippen molar-refractivity contribution >= 4 is 10.0 Å². The van der Waals surface area contributed by atoms with Gasteiger partial charge in [-0.3, -0.25) is 0 Å². The minimum Gasteiger partial charge on any atom is -0.361 e. The number of hydrogen-bond donors (Lipinski definition) is 2. The molecule has 0 saturated heterocycles. The van der Waals surface area contributed by atoms with Gasteiger partial charge < -0.3 is 10.3 Å². The van der Waals surface area contributed by atoms with Gasteiger partial charge in [0.25, 0.3) is 0 Å². The Hall–Kier alpha value is -0.920. The molecule has 1 aliphatic carbocycles. The van der Waals surface area contributed by atoms with Crippen molar-refractivity contribution < 1.29 is 12.9 Å². The zero-order chi connectivity index (χ0) is 13.2. The van der Waals surface area contributed by atoms with E-state index >= 15 is 0 Å². The fourth-order valence-corrected chi connectivity index (χ4v) is 3.81. The van der Waals surface area contributed by atoms with Crippen LogP contribution in [-0.4, -0.2) is 26.2 Å². The molecular weight excluding hydrogens is 254 g/mol. The van der Waals surface area contributed by atoms with Crippen LogP contribution in [-0.2, 0) is 15.8 Å². The van der Waals surface area contributed by atoms with Crippen molar-refractivity contribution in [2.24, 2.45) is 11.7 Å². The lowest BCUT2D eigenvalue weighted by Gasteiger charge is -2.18. The van der Waals surface area contributed by atoms with E-state index in [2.05, 4.69) is 9.88 Å². The van der Waals surface area contributed by atoms with Crippen molar-refractivity contribution in [3.8, 4) is 0 Å². The van der Waals surface area contributed by atoms with E-state index in [-0.39, 0.29) is 17.7 Å². The molecule has 1 aromatic heterocycles. The third-order valence-corrected chi connectivity index (χ3v) is 4.65. The molecule has 2 atom stereocenters. The van der Waals surface area contributed by atoms with Gasteiger partial charge in [-0.2, -0.15) is 0 Å². The van der Waals surface area contributed by atoms with Crippen LogP contribution in [0.25, 0.3) is 0 Å². The van der Waals surface area contributed by atoms with Gasteiger partial charge in [0.1, 0.15) is 17.2 Å². The van der Waals surface area contributed by atoms with Crippen LogP contribution in [0.5, 0.6) is 0 Å². The molecule has 0 aromatic carbocycles. The molecule has 0 aliphatic heterocycles. The Balaban J connectivity index is 1.99. The molecule has 0 amide bonds. The van der Waals surface area contributed by atoms with Crippen LogP contribution in [0.3, 0.4) is 0 Å².